The molecule has 24 heavy (non-hydrogen) atoms. The van der Waals surface area contributed by atoms with E-state index in [2.05, 4.69) is 49.4 Å². The molecule has 2 aromatic carbocycles. The number of aromatic nitrogens is 2. The maximum atomic E-state index is 12.6. The Kier molecular flexibility index (Phi) is 5.16. The summed E-state index contributed by atoms with van der Waals surface area (Å²) in [4.78, 5) is 21.0. The van der Waals surface area contributed by atoms with Crippen molar-refractivity contribution in [3.63, 3.8) is 0 Å². The maximum absolute atomic E-state index is 12.6. The Bertz CT molecular complexity index is 895. The molecule has 0 saturated carbocycles. The molecular formula is C18H16BrN3OS. The van der Waals surface area contributed by atoms with Crippen LogP contribution in [0.4, 0.5) is 0 Å². The van der Waals surface area contributed by atoms with E-state index in [-0.39, 0.29) is 11.9 Å². The third-order valence-corrected chi connectivity index (χ3v) is 4.90. The average molecular weight is 402 g/mol. The maximum Gasteiger partial charge on any atom is 0.271 e. The molecule has 1 atom stereocenters. The van der Waals surface area contributed by atoms with Gasteiger partial charge in [-0.2, -0.15) is 0 Å². The van der Waals surface area contributed by atoms with Crippen LogP contribution in [0.25, 0.3) is 10.8 Å². The number of carbonyl (C=O) groups excluding carboxylic acids is 1. The topological polar surface area (TPSA) is 54.9 Å². The standard InChI is InChI=1S/C18H16BrN3OS/c1-11(13-9-5-7-12-6-3-4-8-14(12)13)21-17(23)16-15(19)10-20-18(22-16)24-2/h3-11H,1-2H3,(H,21,23)/t11-/m1/s1. The number of carbonyl (C=O) groups is 1. The number of hydrogen-bond acceptors (Lipinski definition) is 4. The molecule has 0 unspecified atom stereocenters. The molecule has 4 nitrogen and oxygen atoms in total. The largest absolute Gasteiger partial charge is 0.344 e. The van der Waals surface area contributed by atoms with Crippen LogP contribution >= 0.6 is 27.7 Å². The van der Waals surface area contributed by atoms with Gasteiger partial charge in [0.2, 0.25) is 0 Å². The van der Waals surface area contributed by atoms with Gasteiger partial charge in [0.1, 0.15) is 5.69 Å². The van der Waals surface area contributed by atoms with Crippen molar-refractivity contribution in [2.75, 3.05) is 6.26 Å². The van der Waals surface area contributed by atoms with Crippen LogP contribution in [0.3, 0.4) is 0 Å². The summed E-state index contributed by atoms with van der Waals surface area (Å²) in [5.41, 5.74) is 1.43. The normalized spacial score (nSPS) is 12.1. The molecular weight excluding hydrogens is 386 g/mol. The monoisotopic (exact) mass is 401 g/mol. The SMILES string of the molecule is CSc1ncc(Br)c(C(=O)N[C@H](C)c2cccc3ccccc23)n1. The molecule has 3 rings (SSSR count). The molecule has 0 radical (unpaired) electrons. The number of nitrogens with one attached hydrogen (secondary N) is 1. The first-order valence-electron chi connectivity index (χ1n) is 7.45. The van der Waals surface area contributed by atoms with Gasteiger partial charge in [0.05, 0.1) is 10.5 Å². The minimum absolute atomic E-state index is 0.136. The molecule has 0 bridgehead atoms. The van der Waals surface area contributed by atoms with Crippen molar-refractivity contribution in [2.45, 2.75) is 18.1 Å². The van der Waals surface area contributed by atoms with Crippen LogP contribution in [0, 0.1) is 0 Å². The molecule has 0 aliphatic heterocycles. The van der Waals surface area contributed by atoms with Crippen LogP contribution in [0.1, 0.15) is 29.0 Å². The van der Waals surface area contributed by atoms with Gasteiger partial charge in [-0.25, -0.2) is 9.97 Å². The van der Waals surface area contributed by atoms with E-state index in [4.69, 9.17) is 0 Å². The lowest BCUT2D eigenvalue weighted by Gasteiger charge is -2.17. The number of nitrogens with zero attached hydrogens (tertiary/aromatic N) is 2. The van der Waals surface area contributed by atoms with E-state index in [1.807, 2.05) is 37.4 Å². The average Bonchev–Trinajstić information content (AvgIpc) is 2.61. The van der Waals surface area contributed by atoms with Gasteiger partial charge in [0.25, 0.3) is 5.91 Å². The minimum atomic E-state index is -0.222. The van der Waals surface area contributed by atoms with Crippen molar-refractivity contribution in [1.82, 2.24) is 15.3 Å². The van der Waals surface area contributed by atoms with Crippen molar-refractivity contribution >= 4 is 44.4 Å². The summed E-state index contributed by atoms with van der Waals surface area (Å²) in [6, 6.07) is 14.1. The van der Waals surface area contributed by atoms with Crippen molar-refractivity contribution in [1.29, 1.82) is 0 Å². The molecule has 6 heteroatoms. The Morgan fingerprint density at radius 3 is 2.75 bits per heavy atom. The van der Waals surface area contributed by atoms with E-state index >= 15 is 0 Å². The summed E-state index contributed by atoms with van der Waals surface area (Å²) in [6.07, 6.45) is 3.49. The first kappa shape index (κ1) is 16.9. The molecule has 3 aromatic rings. The molecule has 0 fully saturated rings. The fraction of sp³-hybridized carbons (Fsp3) is 0.167. The van der Waals surface area contributed by atoms with Crippen LogP contribution in [0.2, 0.25) is 0 Å². The summed E-state index contributed by atoms with van der Waals surface area (Å²) in [6.45, 7) is 1.98. The van der Waals surface area contributed by atoms with Gasteiger partial charge in [-0.05, 0) is 45.4 Å². The van der Waals surface area contributed by atoms with Crippen LogP contribution in [-0.2, 0) is 0 Å². The summed E-state index contributed by atoms with van der Waals surface area (Å²) in [5, 5.41) is 5.89. The van der Waals surface area contributed by atoms with Gasteiger partial charge >= 0.3 is 0 Å². The van der Waals surface area contributed by atoms with Crippen LogP contribution in [0.15, 0.2) is 58.3 Å². The number of halogens is 1. The highest BCUT2D eigenvalue weighted by molar-refractivity contribution is 9.10. The molecule has 122 valence electrons. The van der Waals surface area contributed by atoms with E-state index in [1.165, 1.54) is 11.8 Å². The summed E-state index contributed by atoms with van der Waals surface area (Å²) >= 11 is 4.75. The van der Waals surface area contributed by atoms with E-state index in [1.54, 1.807) is 6.20 Å². The number of fused-ring (bicyclic) bond motifs is 1. The fourth-order valence-electron chi connectivity index (χ4n) is 2.58. The van der Waals surface area contributed by atoms with Crippen LogP contribution in [0.5, 0.6) is 0 Å². The van der Waals surface area contributed by atoms with Gasteiger partial charge in [-0.1, -0.05) is 54.2 Å². The van der Waals surface area contributed by atoms with Gasteiger partial charge in [-0.15, -0.1) is 0 Å². The van der Waals surface area contributed by atoms with Crippen molar-refractivity contribution in [3.8, 4) is 0 Å². The fourth-order valence-corrected chi connectivity index (χ4v) is 3.29. The van der Waals surface area contributed by atoms with Gasteiger partial charge < -0.3 is 5.32 Å². The summed E-state index contributed by atoms with van der Waals surface area (Å²) in [7, 11) is 0. The van der Waals surface area contributed by atoms with Crippen molar-refractivity contribution in [3.05, 3.63) is 64.4 Å². The third-order valence-electron chi connectivity index (χ3n) is 3.76. The zero-order chi connectivity index (χ0) is 17.1. The van der Waals surface area contributed by atoms with E-state index in [0.29, 0.717) is 15.3 Å². The van der Waals surface area contributed by atoms with E-state index in [9.17, 15) is 4.79 Å². The zero-order valence-corrected chi connectivity index (χ0v) is 15.7. The number of thioether (sulfide) groups is 1. The Hall–Kier alpha value is -1.92. The summed E-state index contributed by atoms with van der Waals surface area (Å²) < 4.78 is 0.586. The quantitative estimate of drug-likeness (QED) is 0.512. The first-order chi connectivity index (χ1) is 11.6. The predicted octanol–water partition coefficient (Wildman–Crippen LogP) is 4.61. The highest BCUT2D eigenvalue weighted by atomic mass is 79.9. The Balaban J connectivity index is 1.89. The highest BCUT2D eigenvalue weighted by Gasteiger charge is 2.17. The number of benzene rings is 2. The lowest BCUT2D eigenvalue weighted by molar-refractivity contribution is 0.0933. The van der Waals surface area contributed by atoms with Gasteiger partial charge in [-0.3, -0.25) is 4.79 Å². The first-order valence-corrected chi connectivity index (χ1v) is 9.47. The smallest absolute Gasteiger partial charge is 0.271 e. The van der Waals surface area contributed by atoms with E-state index in [0.717, 1.165) is 16.3 Å². The second kappa shape index (κ2) is 7.32. The minimum Gasteiger partial charge on any atom is -0.344 e. The molecule has 0 aliphatic rings. The van der Waals surface area contributed by atoms with Crippen molar-refractivity contribution < 1.29 is 4.79 Å². The van der Waals surface area contributed by atoms with Crippen molar-refractivity contribution in [2.24, 2.45) is 0 Å². The lowest BCUT2D eigenvalue weighted by Crippen LogP contribution is -2.28. The lowest BCUT2D eigenvalue weighted by atomic mass is 9.99. The molecule has 1 amide bonds. The summed E-state index contributed by atoms with van der Waals surface area (Å²) in [5.74, 6) is -0.222. The molecule has 1 aromatic heterocycles. The zero-order valence-electron chi connectivity index (χ0n) is 13.3. The van der Waals surface area contributed by atoms with Crippen LogP contribution < -0.4 is 5.32 Å². The van der Waals surface area contributed by atoms with Crippen LogP contribution in [-0.4, -0.2) is 22.1 Å². The molecule has 0 saturated heterocycles. The second-order valence-electron chi connectivity index (χ2n) is 5.32. The molecule has 0 aliphatic carbocycles. The molecule has 1 N–H and O–H groups in total. The predicted molar refractivity (Wildman–Crippen MR) is 101 cm³/mol. The number of amides is 1. The third kappa shape index (κ3) is 3.44. The number of rotatable bonds is 4. The Morgan fingerprint density at radius 1 is 1.21 bits per heavy atom. The number of hydrogen-bond donors (Lipinski definition) is 1. The van der Waals surface area contributed by atoms with E-state index < -0.39 is 0 Å². The van der Waals surface area contributed by atoms with Gasteiger partial charge in [0.15, 0.2) is 5.16 Å². The Labute approximate surface area is 153 Å². The van der Waals surface area contributed by atoms with Gasteiger partial charge in [0, 0.05) is 6.20 Å². The highest BCUT2D eigenvalue weighted by Crippen LogP contribution is 2.25. The second-order valence-corrected chi connectivity index (χ2v) is 6.94. The molecule has 0 spiro atoms. The Morgan fingerprint density at radius 2 is 1.96 bits per heavy atom. The molecule has 1 heterocycles.